The lowest BCUT2D eigenvalue weighted by atomic mass is 9.89. The Bertz CT molecular complexity index is 1170. The Balaban J connectivity index is 1.40. The summed E-state index contributed by atoms with van der Waals surface area (Å²) in [6, 6.07) is 9.83. The number of aliphatic hydroxyl groups excluding tert-OH is 1. The van der Waals surface area contributed by atoms with Crippen molar-refractivity contribution < 1.29 is 23.4 Å². The van der Waals surface area contributed by atoms with Crippen LogP contribution < -0.4 is 10.2 Å². The molecule has 2 saturated heterocycles. The SMILES string of the molecule is CC(C)(C)OC(=O)N1CCC(c2ccc(Nc3nc(N4CCC(F)(F)[C@H](CO)C4)cnc3C#N)cc2)CC1. The van der Waals surface area contributed by atoms with Gasteiger partial charge in [0.1, 0.15) is 17.5 Å². The van der Waals surface area contributed by atoms with Gasteiger partial charge in [0.2, 0.25) is 0 Å². The molecule has 4 rings (SSSR count). The fraction of sp³-hybridized carbons (Fsp3) is 0.556. The van der Waals surface area contributed by atoms with Crippen LogP contribution in [0.3, 0.4) is 0 Å². The normalized spacial score (nSPS) is 20.1. The van der Waals surface area contributed by atoms with Gasteiger partial charge in [-0.05, 0) is 57.2 Å². The number of anilines is 3. The lowest BCUT2D eigenvalue weighted by Gasteiger charge is -2.38. The molecule has 1 aromatic heterocycles. The van der Waals surface area contributed by atoms with Gasteiger partial charge in [-0.15, -0.1) is 0 Å². The number of nitrogens with zero attached hydrogens (tertiary/aromatic N) is 5. The van der Waals surface area contributed by atoms with Crippen LogP contribution in [0.25, 0.3) is 0 Å². The molecule has 2 N–H and O–H groups in total. The number of carbonyl (C=O) groups excluding carboxylic acids is 1. The molecule has 2 fully saturated rings. The average Bonchev–Trinajstić information content (AvgIpc) is 2.88. The smallest absolute Gasteiger partial charge is 0.410 e. The Labute approximate surface area is 221 Å². The molecule has 0 unspecified atom stereocenters. The summed E-state index contributed by atoms with van der Waals surface area (Å²) in [4.78, 5) is 24.4. The molecule has 1 atom stereocenters. The van der Waals surface area contributed by atoms with Gasteiger partial charge in [-0.1, -0.05) is 12.1 Å². The topological polar surface area (TPSA) is 115 Å². The maximum absolute atomic E-state index is 14.0. The van der Waals surface area contributed by atoms with Gasteiger partial charge in [0, 0.05) is 38.3 Å². The summed E-state index contributed by atoms with van der Waals surface area (Å²) in [6.07, 6.45) is 2.40. The van der Waals surface area contributed by atoms with E-state index >= 15 is 0 Å². The number of nitriles is 1. The van der Waals surface area contributed by atoms with Gasteiger partial charge in [0.15, 0.2) is 11.5 Å². The molecule has 3 heterocycles. The van der Waals surface area contributed by atoms with Crippen LogP contribution >= 0.6 is 0 Å². The lowest BCUT2D eigenvalue weighted by molar-refractivity contribution is -0.0880. The second-order valence-electron chi connectivity index (χ2n) is 10.9. The number of hydrogen-bond acceptors (Lipinski definition) is 8. The van der Waals surface area contributed by atoms with Crippen LogP contribution in [0.1, 0.15) is 57.2 Å². The van der Waals surface area contributed by atoms with Crippen molar-refractivity contribution >= 4 is 23.4 Å². The molecule has 2 aromatic rings. The van der Waals surface area contributed by atoms with E-state index < -0.39 is 24.0 Å². The Kier molecular flexibility index (Phi) is 8.02. The monoisotopic (exact) mass is 528 g/mol. The van der Waals surface area contributed by atoms with Crippen molar-refractivity contribution in [3.63, 3.8) is 0 Å². The first-order valence-electron chi connectivity index (χ1n) is 12.8. The first-order valence-corrected chi connectivity index (χ1v) is 12.8. The molecule has 0 saturated carbocycles. The number of piperidine rings is 2. The van der Waals surface area contributed by atoms with E-state index in [-0.39, 0.29) is 37.1 Å². The largest absolute Gasteiger partial charge is 0.444 e. The lowest BCUT2D eigenvalue weighted by Crippen LogP contribution is -2.49. The fourth-order valence-electron chi connectivity index (χ4n) is 4.78. The molecule has 9 nitrogen and oxygen atoms in total. The number of alkyl halides is 2. The van der Waals surface area contributed by atoms with Gasteiger partial charge in [-0.25, -0.2) is 23.5 Å². The number of carbonyl (C=O) groups is 1. The average molecular weight is 529 g/mol. The molecule has 0 bridgehead atoms. The van der Waals surface area contributed by atoms with Crippen molar-refractivity contribution in [1.29, 1.82) is 5.26 Å². The Morgan fingerprint density at radius 1 is 1.24 bits per heavy atom. The third kappa shape index (κ3) is 6.48. The third-order valence-electron chi connectivity index (χ3n) is 6.95. The number of aliphatic hydroxyl groups is 1. The number of amides is 1. The van der Waals surface area contributed by atoms with Gasteiger partial charge in [0.25, 0.3) is 5.92 Å². The van der Waals surface area contributed by atoms with E-state index in [1.807, 2.05) is 51.1 Å². The van der Waals surface area contributed by atoms with Crippen molar-refractivity contribution in [2.45, 2.75) is 57.5 Å². The van der Waals surface area contributed by atoms with Gasteiger partial charge in [0.05, 0.1) is 18.7 Å². The number of rotatable bonds is 5. The fourth-order valence-corrected chi connectivity index (χ4v) is 4.78. The summed E-state index contributed by atoms with van der Waals surface area (Å²) in [7, 11) is 0. The van der Waals surface area contributed by atoms with Crippen LogP contribution in [-0.4, -0.2) is 70.4 Å². The quantitative estimate of drug-likeness (QED) is 0.576. The molecule has 0 spiro atoms. The second kappa shape index (κ2) is 11.1. The minimum atomic E-state index is -2.93. The highest BCUT2D eigenvalue weighted by molar-refractivity contribution is 5.68. The van der Waals surface area contributed by atoms with Crippen LogP contribution in [0.5, 0.6) is 0 Å². The highest BCUT2D eigenvalue weighted by atomic mass is 19.3. The predicted molar refractivity (Wildman–Crippen MR) is 139 cm³/mol. The Hall–Kier alpha value is -3.52. The van der Waals surface area contributed by atoms with Crippen LogP contribution in [0.2, 0.25) is 0 Å². The number of aromatic nitrogens is 2. The number of halogens is 2. The van der Waals surface area contributed by atoms with Crippen molar-refractivity contribution in [3.05, 3.63) is 41.7 Å². The predicted octanol–water partition coefficient (Wildman–Crippen LogP) is 4.66. The molecule has 1 aromatic carbocycles. The van der Waals surface area contributed by atoms with Crippen LogP contribution in [0.15, 0.2) is 30.5 Å². The number of ether oxygens (including phenoxy) is 1. The summed E-state index contributed by atoms with van der Waals surface area (Å²) < 4.78 is 33.5. The van der Waals surface area contributed by atoms with Crippen molar-refractivity contribution in [2.24, 2.45) is 5.92 Å². The summed E-state index contributed by atoms with van der Waals surface area (Å²) in [6.45, 7) is 6.24. The zero-order valence-corrected chi connectivity index (χ0v) is 22.0. The molecular formula is C27H34F2N6O3. The van der Waals surface area contributed by atoms with Crippen LogP contribution in [-0.2, 0) is 4.74 Å². The molecule has 204 valence electrons. The summed E-state index contributed by atoms with van der Waals surface area (Å²) in [5.74, 6) is -3.19. The van der Waals surface area contributed by atoms with Crippen molar-refractivity contribution in [1.82, 2.24) is 14.9 Å². The first-order chi connectivity index (χ1) is 18.0. The van der Waals surface area contributed by atoms with Gasteiger partial charge < -0.3 is 25.0 Å². The zero-order valence-electron chi connectivity index (χ0n) is 22.0. The maximum atomic E-state index is 14.0. The summed E-state index contributed by atoms with van der Waals surface area (Å²) in [5, 5.41) is 22.0. The van der Waals surface area contributed by atoms with E-state index in [1.54, 1.807) is 9.80 Å². The van der Waals surface area contributed by atoms with E-state index in [0.29, 0.717) is 30.5 Å². The van der Waals surface area contributed by atoms with Crippen LogP contribution in [0, 0.1) is 17.2 Å². The van der Waals surface area contributed by atoms with E-state index in [1.165, 1.54) is 6.20 Å². The van der Waals surface area contributed by atoms with Gasteiger partial charge in [-0.3, -0.25) is 0 Å². The molecule has 1 amide bonds. The highest BCUT2D eigenvalue weighted by Gasteiger charge is 2.44. The molecule has 2 aliphatic heterocycles. The van der Waals surface area contributed by atoms with Gasteiger partial charge in [-0.2, -0.15) is 5.26 Å². The van der Waals surface area contributed by atoms with E-state index in [4.69, 9.17) is 4.74 Å². The van der Waals surface area contributed by atoms with Crippen molar-refractivity contribution in [2.75, 3.05) is 43.0 Å². The third-order valence-corrected chi connectivity index (χ3v) is 6.95. The second-order valence-corrected chi connectivity index (χ2v) is 10.9. The number of nitrogens with one attached hydrogen (secondary N) is 1. The zero-order chi connectivity index (χ0) is 27.5. The summed E-state index contributed by atoms with van der Waals surface area (Å²) in [5.41, 5.74) is 1.44. The Morgan fingerprint density at radius 3 is 2.53 bits per heavy atom. The van der Waals surface area contributed by atoms with Crippen LogP contribution in [0.4, 0.5) is 30.9 Å². The minimum Gasteiger partial charge on any atom is -0.444 e. The van der Waals surface area contributed by atoms with E-state index in [0.717, 1.165) is 18.4 Å². The molecule has 0 radical (unpaired) electrons. The number of hydrogen-bond donors (Lipinski definition) is 2. The number of benzene rings is 1. The standard InChI is InChI=1S/C27H34F2N6O3/c1-26(2,3)38-25(37)34-11-8-19(9-12-34)18-4-6-21(7-5-18)32-24-22(14-30)31-15-23(33-24)35-13-10-27(28,29)20(16-35)17-36/h4-7,15,19-20,36H,8-13,16-17H2,1-3H3,(H,32,33)/t20-/m0/s1. The molecular weight excluding hydrogens is 494 g/mol. The molecule has 0 aliphatic carbocycles. The van der Waals surface area contributed by atoms with Crippen molar-refractivity contribution in [3.8, 4) is 6.07 Å². The highest BCUT2D eigenvalue weighted by Crippen LogP contribution is 2.35. The Morgan fingerprint density at radius 2 is 1.92 bits per heavy atom. The number of likely N-dealkylation sites (tertiary alicyclic amines) is 1. The van der Waals surface area contributed by atoms with Gasteiger partial charge >= 0.3 is 6.09 Å². The summed E-state index contributed by atoms with van der Waals surface area (Å²) >= 11 is 0. The minimum absolute atomic E-state index is 0.0506. The van der Waals surface area contributed by atoms with E-state index in [2.05, 4.69) is 15.3 Å². The maximum Gasteiger partial charge on any atom is 0.410 e. The first kappa shape index (κ1) is 27.5. The molecule has 2 aliphatic rings. The molecule has 11 heteroatoms. The van der Waals surface area contributed by atoms with E-state index in [9.17, 15) is 23.9 Å². The molecule has 38 heavy (non-hydrogen) atoms.